The van der Waals surface area contributed by atoms with Crippen molar-refractivity contribution in [3.63, 3.8) is 0 Å². The standard InChI is InChI=1S/C19H12FN3O2/c20-14-4-2-1-3-13(14)12-7-15-19(21-9-12)23-18(22-15)11-5-6-16-17(8-11)25-10-24-16/h1-9H,10H2,(H,21,22,23). The number of nitrogens with zero attached hydrogens (tertiary/aromatic N) is 2. The fraction of sp³-hybridized carbons (Fsp3) is 0.0526. The molecule has 0 amide bonds. The van der Waals surface area contributed by atoms with Crippen LogP contribution in [0, 0.1) is 5.82 Å². The number of benzene rings is 2. The molecule has 0 bridgehead atoms. The first-order valence-electron chi connectivity index (χ1n) is 7.79. The molecule has 6 heteroatoms. The first-order valence-corrected chi connectivity index (χ1v) is 7.79. The molecule has 0 spiro atoms. The third-order valence-electron chi connectivity index (χ3n) is 4.17. The van der Waals surface area contributed by atoms with Crippen molar-refractivity contribution in [1.82, 2.24) is 15.0 Å². The van der Waals surface area contributed by atoms with Crippen molar-refractivity contribution in [2.75, 3.05) is 6.79 Å². The van der Waals surface area contributed by atoms with Gasteiger partial charge in [-0.25, -0.2) is 14.4 Å². The van der Waals surface area contributed by atoms with Crippen LogP contribution in [0.3, 0.4) is 0 Å². The lowest BCUT2D eigenvalue weighted by Crippen LogP contribution is -1.92. The van der Waals surface area contributed by atoms with E-state index in [2.05, 4.69) is 15.0 Å². The van der Waals surface area contributed by atoms with E-state index in [1.54, 1.807) is 24.4 Å². The fourth-order valence-electron chi connectivity index (χ4n) is 2.92. The molecule has 1 aliphatic heterocycles. The van der Waals surface area contributed by atoms with Crippen LogP contribution in [0.1, 0.15) is 0 Å². The summed E-state index contributed by atoms with van der Waals surface area (Å²) in [6, 6.07) is 14.1. The van der Waals surface area contributed by atoms with Crippen LogP contribution < -0.4 is 9.47 Å². The number of nitrogens with one attached hydrogen (secondary N) is 1. The normalized spacial score (nSPS) is 12.7. The number of rotatable bonds is 2. The van der Waals surface area contributed by atoms with E-state index in [9.17, 15) is 4.39 Å². The molecule has 2 aromatic heterocycles. The van der Waals surface area contributed by atoms with Gasteiger partial charge in [-0.3, -0.25) is 0 Å². The molecule has 2 aromatic carbocycles. The van der Waals surface area contributed by atoms with Crippen LogP contribution in [-0.2, 0) is 0 Å². The first kappa shape index (κ1) is 14.0. The van der Waals surface area contributed by atoms with Gasteiger partial charge in [0.25, 0.3) is 0 Å². The third kappa shape index (κ3) is 2.30. The molecule has 0 unspecified atom stereocenters. The number of hydrogen-bond donors (Lipinski definition) is 1. The number of H-pyrrole nitrogens is 1. The van der Waals surface area contributed by atoms with Crippen LogP contribution >= 0.6 is 0 Å². The average Bonchev–Trinajstić information content (AvgIpc) is 3.27. The third-order valence-corrected chi connectivity index (χ3v) is 4.17. The highest BCUT2D eigenvalue weighted by atomic mass is 19.1. The Hall–Kier alpha value is -3.41. The average molecular weight is 333 g/mol. The summed E-state index contributed by atoms with van der Waals surface area (Å²) in [5, 5.41) is 0. The molecule has 0 atom stereocenters. The summed E-state index contributed by atoms with van der Waals surface area (Å²) in [6.45, 7) is 0.229. The van der Waals surface area contributed by atoms with Gasteiger partial charge in [0.2, 0.25) is 6.79 Å². The number of halogens is 1. The van der Waals surface area contributed by atoms with E-state index < -0.39 is 0 Å². The van der Waals surface area contributed by atoms with E-state index in [0.717, 1.165) is 16.8 Å². The Kier molecular flexibility index (Phi) is 2.97. The quantitative estimate of drug-likeness (QED) is 0.598. The highest BCUT2D eigenvalue weighted by Crippen LogP contribution is 2.35. The number of fused-ring (bicyclic) bond motifs is 2. The number of ether oxygens (including phenoxy) is 2. The summed E-state index contributed by atoms with van der Waals surface area (Å²) in [6.07, 6.45) is 1.63. The zero-order valence-electron chi connectivity index (χ0n) is 13.0. The van der Waals surface area contributed by atoms with Gasteiger partial charge in [0, 0.05) is 22.9 Å². The van der Waals surface area contributed by atoms with E-state index in [1.807, 2.05) is 24.3 Å². The van der Waals surface area contributed by atoms with Crippen molar-refractivity contribution in [1.29, 1.82) is 0 Å². The molecule has 0 saturated carbocycles. The lowest BCUT2D eigenvalue weighted by Gasteiger charge is -2.02. The maximum Gasteiger partial charge on any atom is 0.231 e. The Labute approximate surface area is 142 Å². The van der Waals surface area contributed by atoms with E-state index >= 15 is 0 Å². The van der Waals surface area contributed by atoms with Gasteiger partial charge in [0.15, 0.2) is 17.1 Å². The van der Waals surface area contributed by atoms with Gasteiger partial charge in [-0.1, -0.05) is 18.2 Å². The molecule has 5 nitrogen and oxygen atoms in total. The summed E-state index contributed by atoms with van der Waals surface area (Å²) in [7, 11) is 0. The molecule has 0 fully saturated rings. The Morgan fingerprint density at radius 1 is 0.960 bits per heavy atom. The Morgan fingerprint density at radius 3 is 2.76 bits per heavy atom. The molecule has 4 aromatic rings. The molecular weight excluding hydrogens is 321 g/mol. The van der Waals surface area contributed by atoms with Gasteiger partial charge in [-0.2, -0.15) is 0 Å². The van der Waals surface area contributed by atoms with Crippen LogP contribution in [0.4, 0.5) is 4.39 Å². The summed E-state index contributed by atoms with van der Waals surface area (Å²) >= 11 is 0. The van der Waals surface area contributed by atoms with Gasteiger partial charge in [0.1, 0.15) is 11.6 Å². The summed E-state index contributed by atoms with van der Waals surface area (Å²) in [4.78, 5) is 12.1. The second-order valence-electron chi connectivity index (χ2n) is 5.73. The second-order valence-corrected chi connectivity index (χ2v) is 5.73. The molecule has 0 radical (unpaired) electrons. The number of hydrogen-bond acceptors (Lipinski definition) is 4. The van der Waals surface area contributed by atoms with E-state index in [-0.39, 0.29) is 12.6 Å². The van der Waals surface area contributed by atoms with Crippen LogP contribution in [0.2, 0.25) is 0 Å². The predicted octanol–water partition coefficient (Wildman–Crippen LogP) is 4.16. The SMILES string of the molecule is Fc1ccccc1-c1cnc2nc(-c3ccc4c(c3)OCO4)[nH]c2c1. The van der Waals surface area contributed by atoms with E-state index in [1.165, 1.54) is 6.07 Å². The number of imidazole rings is 1. The number of aromatic nitrogens is 3. The predicted molar refractivity (Wildman–Crippen MR) is 90.8 cm³/mol. The Balaban J connectivity index is 1.59. The minimum absolute atomic E-state index is 0.229. The van der Waals surface area contributed by atoms with Crippen molar-refractivity contribution in [3.8, 4) is 34.0 Å². The molecule has 122 valence electrons. The number of pyridine rings is 1. The monoisotopic (exact) mass is 333 g/mol. The molecular formula is C19H12FN3O2. The van der Waals surface area contributed by atoms with Gasteiger partial charge in [-0.15, -0.1) is 0 Å². The molecule has 0 saturated heterocycles. The first-order chi connectivity index (χ1) is 12.3. The largest absolute Gasteiger partial charge is 0.454 e. The molecule has 3 heterocycles. The molecule has 25 heavy (non-hydrogen) atoms. The summed E-state index contributed by atoms with van der Waals surface area (Å²) in [5.74, 6) is 1.81. The Morgan fingerprint density at radius 2 is 1.84 bits per heavy atom. The van der Waals surface area contributed by atoms with Gasteiger partial charge in [0.05, 0.1) is 5.52 Å². The molecule has 0 aliphatic carbocycles. The molecule has 5 rings (SSSR count). The van der Waals surface area contributed by atoms with Crippen LogP contribution in [0.15, 0.2) is 54.7 Å². The van der Waals surface area contributed by atoms with Crippen molar-refractivity contribution >= 4 is 11.2 Å². The summed E-state index contributed by atoms with van der Waals surface area (Å²) < 4.78 is 24.7. The van der Waals surface area contributed by atoms with Crippen molar-refractivity contribution in [2.24, 2.45) is 0 Å². The van der Waals surface area contributed by atoms with Crippen LogP contribution in [0.25, 0.3) is 33.7 Å². The smallest absolute Gasteiger partial charge is 0.231 e. The minimum atomic E-state index is -0.279. The van der Waals surface area contributed by atoms with Crippen molar-refractivity contribution < 1.29 is 13.9 Å². The highest BCUT2D eigenvalue weighted by molar-refractivity contribution is 5.81. The highest BCUT2D eigenvalue weighted by Gasteiger charge is 2.16. The maximum absolute atomic E-state index is 14.0. The molecule has 1 N–H and O–H groups in total. The van der Waals surface area contributed by atoms with Crippen LogP contribution in [-0.4, -0.2) is 21.7 Å². The van der Waals surface area contributed by atoms with E-state index in [0.29, 0.717) is 28.3 Å². The van der Waals surface area contributed by atoms with Gasteiger partial charge < -0.3 is 14.5 Å². The lowest BCUT2D eigenvalue weighted by atomic mass is 10.1. The molecule has 1 aliphatic rings. The van der Waals surface area contributed by atoms with Gasteiger partial charge >= 0.3 is 0 Å². The fourth-order valence-corrected chi connectivity index (χ4v) is 2.92. The van der Waals surface area contributed by atoms with Gasteiger partial charge in [-0.05, 0) is 30.3 Å². The maximum atomic E-state index is 14.0. The zero-order chi connectivity index (χ0) is 16.8. The summed E-state index contributed by atoms with van der Waals surface area (Å²) in [5.41, 5.74) is 3.40. The van der Waals surface area contributed by atoms with E-state index in [4.69, 9.17) is 9.47 Å². The van der Waals surface area contributed by atoms with Crippen molar-refractivity contribution in [2.45, 2.75) is 0 Å². The lowest BCUT2D eigenvalue weighted by molar-refractivity contribution is 0.174. The zero-order valence-corrected chi connectivity index (χ0v) is 13.0. The minimum Gasteiger partial charge on any atom is -0.454 e. The van der Waals surface area contributed by atoms with Crippen LogP contribution in [0.5, 0.6) is 11.5 Å². The number of aromatic amines is 1. The second kappa shape index (κ2) is 5.31. The van der Waals surface area contributed by atoms with Crippen molar-refractivity contribution in [3.05, 3.63) is 60.5 Å². The Bertz CT molecular complexity index is 1110. The topological polar surface area (TPSA) is 60.0 Å².